The van der Waals surface area contributed by atoms with Crippen LogP contribution in [0.3, 0.4) is 0 Å². The Hall–Kier alpha value is -2.38. The van der Waals surface area contributed by atoms with Gasteiger partial charge in [-0.05, 0) is 81.0 Å². The van der Waals surface area contributed by atoms with E-state index in [0.29, 0.717) is 5.69 Å². The Balaban J connectivity index is 2.33. The second-order valence-corrected chi connectivity index (χ2v) is 10.2. The van der Waals surface area contributed by atoms with E-state index in [9.17, 15) is 13.2 Å². The first kappa shape index (κ1) is 23.9. The van der Waals surface area contributed by atoms with E-state index in [1.807, 2.05) is 46.8 Å². The summed E-state index contributed by atoms with van der Waals surface area (Å²) < 4.78 is 28.3. The minimum absolute atomic E-state index is 0.237. The number of anilines is 1. The average molecular weight is 432 g/mol. The number of nitrogens with zero attached hydrogens (tertiary/aromatic N) is 2. The van der Waals surface area contributed by atoms with Crippen molar-refractivity contribution in [3.8, 4) is 0 Å². The van der Waals surface area contributed by atoms with Crippen molar-refractivity contribution in [3.05, 3.63) is 63.7 Å². The van der Waals surface area contributed by atoms with Crippen LogP contribution in [-0.2, 0) is 15.0 Å². The highest BCUT2D eigenvalue weighted by Gasteiger charge is 2.29. The van der Waals surface area contributed by atoms with Gasteiger partial charge in [-0.1, -0.05) is 24.3 Å². The Bertz CT molecular complexity index is 1050. The third-order valence-corrected chi connectivity index (χ3v) is 7.19. The van der Waals surface area contributed by atoms with Gasteiger partial charge in [-0.25, -0.2) is 4.31 Å². The summed E-state index contributed by atoms with van der Waals surface area (Å²) in [5.74, 6) is -0.355. The molecule has 0 aliphatic rings. The van der Waals surface area contributed by atoms with Crippen LogP contribution in [0.1, 0.15) is 46.3 Å². The van der Waals surface area contributed by atoms with Gasteiger partial charge in [-0.15, -0.1) is 0 Å². The summed E-state index contributed by atoms with van der Waals surface area (Å²) in [7, 11) is -0.912. The molecule has 1 amide bonds. The van der Waals surface area contributed by atoms with Crippen LogP contribution in [0.2, 0.25) is 0 Å². The molecule has 30 heavy (non-hydrogen) atoms. The number of carbonyl (C=O) groups excluding carboxylic acids is 1. The smallest absolute Gasteiger partial charge is 0.304 e. The number of amides is 1. The van der Waals surface area contributed by atoms with Crippen LogP contribution in [0, 0.1) is 34.6 Å². The fraction of sp³-hybridized carbons (Fsp3) is 0.435. The lowest BCUT2D eigenvalue weighted by molar-refractivity contribution is -0.120. The Morgan fingerprint density at radius 2 is 1.53 bits per heavy atom. The van der Waals surface area contributed by atoms with Gasteiger partial charge in [-0.2, -0.15) is 12.7 Å². The fourth-order valence-electron chi connectivity index (χ4n) is 3.42. The monoisotopic (exact) mass is 431 g/mol. The number of benzene rings is 2. The van der Waals surface area contributed by atoms with Crippen molar-refractivity contribution in [1.29, 1.82) is 0 Å². The molecule has 2 rings (SSSR count). The molecule has 0 spiro atoms. The molecule has 0 saturated carbocycles. The van der Waals surface area contributed by atoms with Crippen LogP contribution in [-0.4, -0.2) is 39.3 Å². The van der Waals surface area contributed by atoms with Gasteiger partial charge in [0.25, 0.3) is 0 Å². The van der Waals surface area contributed by atoms with Crippen LogP contribution < -0.4 is 9.62 Å². The van der Waals surface area contributed by atoms with Gasteiger partial charge < -0.3 is 5.32 Å². The third kappa shape index (κ3) is 5.21. The number of hydrogen-bond acceptors (Lipinski definition) is 3. The quantitative estimate of drug-likeness (QED) is 0.726. The van der Waals surface area contributed by atoms with Crippen LogP contribution >= 0.6 is 0 Å². The van der Waals surface area contributed by atoms with Gasteiger partial charge in [0.15, 0.2) is 0 Å². The Kier molecular flexibility index (Phi) is 7.31. The van der Waals surface area contributed by atoms with Crippen LogP contribution in [0.4, 0.5) is 5.69 Å². The van der Waals surface area contributed by atoms with E-state index >= 15 is 0 Å². The normalized spacial score (nSPS) is 12.7. The molecule has 0 bridgehead atoms. The molecular formula is C23H33N3O3S. The Labute approximate surface area is 181 Å². The average Bonchev–Trinajstić information content (AvgIpc) is 2.64. The minimum Gasteiger partial charge on any atom is -0.348 e. The lowest BCUT2D eigenvalue weighted by Gasteiger charge is -2.29. The summed E-state index contributed by atoms with van der Waals surface area (Å²) >= 11 is 0. The molecule has 1 atom stereocenters. The summed E-state index contributed by atoms with van der Waals surface area (Å²) in [5, 5.41) is 2.97. The summed E-state index contributed by atoms with van der Waals surface area (Å²) in [6.45, 7) is 11.5. The van der Waals surface area contributed by atoms with Crippen molar-refractivity contribution < 1.29 is 13.2 Å². The molecule has 2 aromatic rings. The molecule has 0 unspecified atom stereocenters. The summed E-state index contributed by atoms with van der Waals surface area (Å²) in [4.78, 5) is 12.9. The van der Waals surface area contributed by atoms with Gasteiger partial charge in [-0.3, -0.25) is 4.79 Å². The molecule has 0 saturated heterocycles. The summed E-state index contributed by atoms with van der Waals surface area (Å²) in [6, 6.07) is 9.52. The number of aryl methyl sites for hydroxylation is 5. The number of nitrogens with one attached hydrogen (secondary N) is 1. The maximum atomic E-state index is 13.0. The molecule has 2 aromatic carbocycles. The standard InChI is InChI=1S/C23H33N3O3S/c1-15-9-10-16(2)22(11-15)26(30(28,29)25(7)8)14-23(27)24-20(6)21-13-18(4)17(3)12-19(21)5/h9-13,20H,14H2,1-8H3,(H,24,27)/t20-/m1/s1. The second kappa shape index (κ2) is 9.18. The van der Waals surface area contributed by atoms with E-state index < -0.39 is 10.2 Å². The van der Waals surface area contributed by atoms with E-state index in [1.54, 1.807) is 6.07 Å². The maximum absolute atomic E-state index is 13.0. The van der Waals surface area contributed by atoms with Crippen molar-refractivity contribution in [2.75, 3.05) is 24.9 Å². The number of carbonyl (C=O) groups is 1. The first-order valence-electron chi connectivity index (χ1n) is 9.99. The zero-order valence-electron chi connectivity index (χ0n) is 19.2. The zero-order chi connectivity index (χ0) is 22.8. The first-order chi connectivity index (χ1) is 13.8. The lowest BCUT2D eigenvalue weighted by atomic mass is 9.96. The van der Waals surface area contributed by atoms with E-state index in [0.717, 1.165) is 32.1 Å². The van der Waals surface area contributed by atoms with E-state index in [1.165, 1.54) is 24.0 Å². The third-order valence-electron chi connectivity index (χ3n) is 5.39. The number of rotatable bonds is 7. The second-order valence-electron chi connectivity index (χ2n) is 8.17. The number of hydrogen-bond donors (Lipinski definition) is 1. The molecular weight excluding hydrogens is 398 g/mol. The lowest BCUT2D eigenvalue weighted by Crippen LogP contribution is -2.46. The molecule has 0 fully saturated rings. The van der Waals surface area contributed by atoms with Crippen molar-refractivity contribution >= 4 is 21.8 Å². The van der Waals surface area contributed by atoms with E-state index in [-0.39, 0.29) is 18.5 Å². The topological polar surface area (TPSA) is 69.7 Å². The highest BCUT2D eigenvalue weighted by molar-refractivity contribution is 7.90. The summed E-state index contributed by atoms with van der Waals surface area (Å²) in [6.07, 6.45) is 0. The molecule has 7 heteroatoms. The van der Waals surface area contributed by atoms with Gasteiger partial charge >= 0.3 is 10.2 Å². The van der Waals surface area contributed by atoms with Crippen LogP contribution in [0.25, 0.3) is 0 Å². The first-order valence-corrected chi connectivity index (χ1v) is 11.4. The van der Waals surface area contributed by atoms with Gasteiger partial charge in [0.1, 0.15) is 6.54 Å². The van der Waals surface area contributed by atoms with Crippen molar-refractivity contribution in [3.63, 3.8) is 0 Å². The van der Waals surface area contributed by atoms with Gasteiger partial charge in [0, 0.05) is 14.1 Å². The molecule has 0 aromatic heterocycles. The summed E-state index contributed by atoms with van der Waals surface area (Å²) in [5.41, 5.74) is 6.70. The maximum Gasteiger partial charge on any atom is 0.304 e. The van der Waals surface area contributed by atoms with Crippen LogP contribution in [0.15, 0.2) is 30.3 Å². The Morgan fingerprint density at radius 1 is 0.933 bits per heavy atom. The molecule has 0 radical (unpaired) electrons. The predicted molar refractivity (Wildman–Crippen MR) is 123 cm³/mol. The largest absolute Gasteiger partial charge is 0.348 e. The SMILES string of the molecule is Cc1ccc(C)c(N(CC(=O)N[C@H](C)c2cc(C)c(C)cc2C)S(=O)(=O)N(C)C)c1. The fourth-order valence-corrected chi connectivity index (χ4v) is 4.54. The predicted octanol–water partition coefficient (Wildman–Crippen LogP) is 3.72. The molecule has 164 valence electrons. The highest BCUT2D eigenvalue weighted by atomic mass is 32.2. The molecule has 0 aliphatic carbocycles. The van der Waals surface area contributed by atoms with Crippen molar-refractivity contribution in [1.82, 2.24) is 9.62 Å². The van der Waals surface area contributed by atoms with Crippen molar-refractivity contribution in [2.45, 2.75) is 47.6 Å². The van der Waals surface area contributed by atoms with Gasteiger partial charge in [0.05, 0.1) is 11.7 Å². The van der Waals surface area contributed by atoms with Crippen LogP contribution in [0.5, 0.6) is 0 Å². The van der Waals surface area contributed by atoms with E-state index in [2.05, 4.69) is 24.4 Å². The molecule has 1 N–H and O–H groups in total. The zero-order valence-corrected chi connectivity index (χ0v) is 20.0. The Morgan fingerprint density at radius 3 is 2.13 bits per heavy atom. The van der Waals surface area contributed by atoms with E-state index in [4.69, 9.17) is 0 Å². The van der Waals surface area contributed by atoms with Gasteiger partial charge in [0.2, 0.25) is 5.91 Å². The molecule has 0 heterocycles. The van der Waals surface area contributed by atoms with Crippen molar-refractivity contribution in [2.24, 2.45) is 0 Å². The minimum atomic E-state index is -3.84. The highest BCUT2D eigenvalue weighted by Crippen LogP contribution is 2.26. The molecule has 0 aliphatic heterocycles. The molecule has 6 nitrogen and oxygen atoms in total.